The smallest absolute Gasteiger partial charge is 0.161 e. The van der Waals surface area contributed by atoms with E-state index in [-0.39, 0.29) is 0 Å². The fraction of sp³-hybridized carbons (Fsp3) is 0.571. The zero-order chi connectivity index (χ0) is 52.7. The Hall–Kier alpha value is -5.20. The molecule has 0 atom stereocenters. The molecule has 1 fully saturated rings. The summed E-state index contributed by atoms with van der Waals surface area (Å²) in [7, 11) is 0. The van der Waals surface area contributed by atoms with E-state index in [1.54, 1.807) is 0 Å². The standard InChI is InChI=1S/C24H32O8.C22H28O7.C10H20O5/c1-2-6-22-21(5-1)29-17-13-25-9-10-27-15-19-31-23-7-3-4-8-24(23)32-20-16-28-12-11-26-14-18-30-22;1-3-7-21-19(5-1)26-15-11-23-9-10-24-12-16-27-20-6-2-4-8-22(20)29-18-14-25-13-17-28-21;1-2-12-5-6-14-9-10-15-8-7-13-4-3-11-1/h1-8H,9-20H2;1-8H,9-18H2;1-10H2. The second kappa shape index (κ2) is 43.9. The molecule has 0 radical (unpaired) electrons. The summed E-state index contributed by atoms with van der Waals surface area (Å²) in [6.45, 7) is 16.2. The molecule has 3 aliphatic rings. The van der Waals surface area contributed by atoms with Crippen LogP contribution in [0.25, 0.3) is 0 Å². The van der Waals surface area contributed by atoms with Crippen molar-refractivity contribution < 1.29 is 94.7 Å². The third-order valence-electron chi connectivity index (χ3n) is 10.3. The predicted octanol–water partition coefficient (Wildman–Crippen LogP) is 6.03. The molecule has 0 aromatic heterocycles. The first-order chi connectivity index (χ1) is 37.9. The van der Waals surface area contributed by atoms with Crippen LogP contribution in [0.3, 0.4) is 0 Å². The molecule has 0 saturated carbocycles. The maximum atomic E-state index is 5.78. The molecule has 76 heavy (non-hydrogen) atoms. The monoisotopic (exact) mass is 1070 g/mol. The molecule has 424 valence electrons. The Kier molecular flexibility index (Phi) is 35.6. The molecule has 20 heteroatoms. The molecule has 0 N–H and O–H groups in total. The van der Waals surface area contributed by atoms with Crippen molar-refractivity contribution in [1.82, 2.24) is 0 Å². The summed E-state index contributed by atoms with van der Waals surface area (Å²) in [6.07, 6.45) is 0. The summed E-state index contributed by atoms with van der Waals surface area (Å²) >= 11 is 0. The van der Waals surface area contributed by atoms with E-state index >= 15 is 0 Å². The van der Waals surface area contributed by atoms with Crippen LogP contribution in [0.5, 0.6) is 46.0 Å². The average Bonchev–Trinajstić information content (AvgIpc) is 3.46. The number of rotatable bonds is 0. The molecule has 0 amide bonds. The Labute approximate surface area is 448 Å². The molecule has 4 aromatic rings. The minimum Gasteiger partial charge on any atom is -0.487 e. The van der Waals surface area contributed by atoms with Gasteiger partial charge in [0, 0.05) is 0 Å². The first kappa shape index (κ1) is 61.7. The Morgan fingerprint density at radius 1 is 0.132 bits per heavy atom. The van der Waals surface area contributed by atoms with Gasteiger partial charge in [0.25, 0.3) is 0 Å². The van der Waals surface area contributed by atoms with Gasteiger partial charge in [-0.2, -0.15) is 0 Å². The minimum atomic E-state index is 0.425. The van der Waals surface area contributed by atoms with E-state index in [0.717, 1.165) is 0 Å². The van der Waals surface area contributed by atoms with Crippen LogP contribution >= 0.6 is 0 Å². The number of hydrogen-bond acceptors (Lipinski definition) is 20. The highest BCUT2D eigenvalue weighted by atomic mass is 16.6. The molecule has 7 rings (SSSR count). The minimum absolute atomic E-state index is 0.425. The van der Waals surface area contributed by atoms with Crippen molar-refractivity contribution in [3.05, 3.63) is 97.1 Å². The number of hydrogen-bond donors (Lipinski definition) is 0. The van der Waals surface area contributed by atoms with E-state index in [2.05, 4.69) is 0 Å². The lowest BCUT2D eigenvalue weighted by Crippen LogP contribution is -2.15. The van der Waals surface area contributed by atoms with Gasteiger partial charge in [0.2, 0.25) is 0 Å². The summed E-state index contributed by atoms with van der Waals surface area (Å²) in [6, 6.07) is 30.2. The van der Waals surface area contributed by atoms with E-state index in [4.69, 9.17) is 94.7 Å². The fourth-order valence-electron chi connectivity index (χ4n) is 6.61. The van der Waals surface area contributed by atoms with E-state index in [1.807, 2.05) is 97.1 Å². The topological polar surface area (TPSA) is 185 Å². The van der Waals surface area contributed by atoms with Crippen molar-refractivity contribution in [2.45, 2.75) is 0 Å². The Morgan fingerprint density at radius 3 is 0.329 bits per heavy atom. The molecule has 0 aliphatic carbocycles. The lowest BCUT2D eigenvalue weighted by atomic mass is 10.3. The van der Waals surface area contributed by atoms with Gasteiger partial charge in [-0.3, -0.25) is 0 Å². The van der Waals surface area contributed by atoms with Crippen molar-refractivity contribution >= 4 is 0 Å². The molecule has 0 spiro atoms. The molecule has 4 aromatic carbocycles. The molecule has 3 heterocycles. The third-order valence-corrected chi connectivity index (χ3v) is 10.3. The summed E-state index contributed by atoms with van der Waals surface area (Å²) < 4.78 is 111. The molecule has 20 nitrogen and oxygen atoms in total. The zero-order valence-electron chi connectivity index (χ0n) is 44.0. The molecular formula is C56H80O20. The second-order valence-corrected chi connectivity index (χ2v) is 15.9. The number of ether oxygens (including phenoxy) is 20. The largest absolute Gasteiger partial charge is 0.487 e. The van der Waals surface area contributed by atoms with Crippen LogP contribution in [0.15, 0.2) is 97.1 Å². The van der Waals surface area contributed by atoms with E-state index in [9.17, 15) is 0 Å². The average molecular weight is 1070 g/mol. The molecule has 3 aliphatic heterocycles. The highest BCUT2D eigenvalue weighted by molar-refractivity contribution is 5.41. The normalized spacial score (nSPS) is 19.2. The van der Waals surface area contributed by atoms with Crippen molar-refractivity contribution in [1.29, 1.82) is 0 Å². The van der Waals surface area contributed by atoms with Gasteiger partial charge in [0.1, 0.15) is 52.9 Å². The van der Waals surface area contributed by atoms with Gasteiger partial charge in [0.05, 0.1) is 159 Å². The zero-order valence-corrected chi connectivity index (χ0v) is 44.0. The highest BCUT2D eigenvalue weighted by Gasteiger charge is 2.09. The summed E-state index contributed by atoms with van der Waals surface area (Å²) in [4.78, 5) is 0. The number of benzene rings is 4. The van der Waals surface area contributed by atoms with Gasteiger partial charge < -0.3 is 94.7 Å². The number of para-hydroxylation sites is 8. The lowest BCUT2D eigenvalue weighted by Gasteiger charge is -2.14. The van der Waals surface area contributed by atoms with Crippen molar-refractivity contribution in [2.75, 3.05) is 211 Å². The van der Waals surface area contributed by atoms with Gasteiger partial charge in [0.15, 0.2) is 46.0 Å². The maximum absolute atomic E-state index is 5.78. The van der Waals surface area contributed by atoms with Crippen LogP contribution in [-0.2, 0) is 56.8 Å². The van der Waals surface area contributed by atoms with E-state index in [1.165, 1.54) is 0 Å². The van der Waals surface area contributed by atoms with Gasteiger partial charge in [-0.05, 0) is 48.5 Å². The predicted molar refractivity (Wildman–Crippen MR) is 280 cm³/mol. The van der Waals surface area contributed by atoms with Crippen LogP contribution in [0.1, 0.15) is 0 Å². The Morgan fingerprint density at radius 2 is 0.224 bits per heavy atom. The molecule has 1 saturated heterocycles. The third kappa shape index (κ3) is 29.9. The van der Waals surface area contributed by atoms with Crippen molar-refractivity contribution in [3.8, 4) is 46.0 Å². The van der Waals surface area contributed by atoms with Crippen LogP contribution in [0.4, 0.5) is 0 Å². The van der Waals surface area contributed by atoms with Crippen LogP contribution in [-0.4, -0.2) is 211 Å². The quantitative estimate of drug-likeness (QED) is 0.199. The first-order valence-corrected chi connectivity index (χ1v) is 26.2. The van der Waals surface area contributed by atoms with Crippen molar-refractivity contribution in [3.63, 3.8) is 0 Å². The number of fused-ring (bicyclic) bond motifs is 4. The SMILES string of the molecule is C1COCCOCCOCCOCCO1.c1ccc2c(c1)OCCOCCOCCOc1ccccc1OCCOCCO2.c1ccc2c(c1)OCCOCCOCCOc1ccccc1OCCOCCOCCO2. The molecule has 0 bridgehead atoms. The maximum Gasteiger partial charge on any atom is 0.161 e. The highest BCUT2D eigenvalue weighted by Crippen LogP contribution is 2.29. The van der Waals surface area contributed by atoms with E-state index in [0.29, 0.717) is 257 Å². The molecule has 0 unspecified atom stereocenters. The van der Waals surface area contributed by atoms with E-state index < -0.39 is 0 Å². The van der Waals surface area contributed by atoms with Crippen molar-refractivity contribution in [2.24, 2.45) is 0 Å². The van der Waals surface area contributed by atoms with Gasteiger partial charge in [-0.1, -0.05) is 48.5 Å². The summed E-state index contributed by atoms with van der Waals surface area (Å²) in [5, 5.41) is 0. The van der Waals surface area contributed by atoms with Gasteiger partial charge >= 0.3 is 0 Å². The van der Waals surface area contributed by atoms with Gasteiger partial charge in [-0.15, -0.1) is 0 Å². The summed E-state index contributed by atoms with van der Waals surface area (Å²) in [5.74, 6) is 5.49. The van der Waals surface area contributed by atoms with Crippen LogP contribution in [0, 0.1) is 0 Å². The van der Waals surface area contributed by atoms with Crippen LogP contribution < -0.4 is 37.9 Å². The fourth-order valence-corrected chi connectivity index (χ4v) is 6.61. The summed E-state index contributed by atoms with van der Waals surface area (Å²) in [5.41, 5.74) is 0. The lowest BCUT2D eigenvalue weighted by molar-refractivity contribution is 0.00206. The molecular weight excluding hydrogens is 993 g/mol. The Balaban J connectivity index is 0.000000224. The van der Waals surface area contributed by atoms with Gasteiger partial charge in [-0.25, -0.2) is 0 Å². The first-order valence-electron chi connectivity index (χ1n) is 26.2. The Bertz CT molecular complexity index is 1730. The van der Waals surface area contributed by atoms with Crippen LogP contribution in [0.2, 0.25) is 0 Å². The second-order valence-electron chi connectivity index (χ2n) is 15.9.